The summed E-state index contributed by atoms with van der Waals surface area (Å²) in [5, 5.41) is 7.85. The van der Waals surface area contributed by atoms with Gasteiger partial charge >= 0.3 is 0 Å². The van der Waals surface area contributed by atoms with Gasteiger partial charge in [0, 0.05) is 38.8 Å². The zero-order valence-corrected chi connectivity index (χ0v) is 16.4. The van der Waals surface area contributed by atoms with Gasteiger partial charge in [0.15, 0.2) is 5.16 Å². The molecule has 2 N–H and O–H groups in total. The van der Waals surface area contributed by atoms with Crippen molar-refractivity contribution in [2.45, 2.75) is 30.5 Å². The van der Waals surface area contributed by atoms with E-state index in [1.54, 1.807) is 7.11 Å². The molecule has 1 aromatic carbocycles. The number of anilines is 1. The summed E-state index contributed by atoms with van der Waals surface area (Å²) in [4.78, 5) is 21.2. The van der Waals surface area contributed by atoms with Crippen molar-refractivity contribution >= 4 is 34.4 Å². The summed E-state index contributed by atoms with van der Waals surface area (Å²) in [6.07, 6.45) is 3.21. The number of rotatable bonds is 10. The summed E-state index contributed by atoms with van der Waals surface area (Å²) >= 11 is 1.34. The maximum absolute atomic E-state index is 12.0. The van der Waals surface area contributed by atoms with Gasteiger partial charge in [-0.15, -0.1) is 0 Å². The van der Waals surface area contributed by atoms with E-state index in [9.17, 15) is 4.79 Å². The molecule has 1 unspecified atom stereocenters. The quantitative estimate of drug-likeness (QED) is 0.366. The molecular formula is C19H26N4O3S. The van der Waals surface area contributed by atoms with Crippen LogP contribution >= 0.6 is 11.8 Å². The molecule has 1 atom stereocenters. The summed E-state index contributed by atoms with van der Waals surface area (Å²) < 4.78 is 10.7. The van der Waals surface area contributed by atoms with Crippen LogP contribution in [0.4, 0.5) is 5.82 Å². The minimum absolute atomic E-state index is 0.0262. The predicted octanol–water partition coefficient (Wildman–Crippen LogP) is 2.47. The number of methoxy groups -OCH3 is 1. The predicted molar refractivity (Wildman–Crippen MR) is 107 cm³/mol. The van der Waals surface area contributed by atoms with Gasteiger partial charge in [-0.3, -0.25) is 4.79 Å². The Kier molecular flexibility index (Phi) is 7.67. The lowest BCUT2D eigenvalue weighted by Gasteiger charge is -2.14. The van der Waals surface area contributed by atoms with Crippen molar-refractivity contribution in [1.29, 1.82) is 0 Å². The minimum Gasteiger partial charge on any atom is -0.385 e. The standard InChI is InChI=1S/C19H26N4O3S/c1-25-10-5-9-20-17(24)13-27-19-22-16-8-3-2-7-15(16)18(23-19)21-12-14-6-4-11-26-14/h2-3,7-8,14H,4-6,9-13H2,1H3,(H,20,24)(H,21,22,23). The van der Waals surface area contributed by atoms with Crippen LogP contribution < -0.4 is 10.6 Å². The van der Waals surface area contributed by atoms with E-state index in [2.05, 4.69) is 20.6 Å². The molecule has 1 aromatic heterocycles. The first-order valence-electron chi connectivity index (χ1n) is 9.27. The molecule has 0 saturated carbocycles. The molecule has 0 aliphatic carbocycles. The van der Waals surface area contributed by atoms with Gasteiger partial charge in [-0.2, -0.15) is 0 Å². The molecule has 146 valence electrons. The van der Waals surface area contributed by atoms with Crippen LogP contribution in [0.25, 0.3) is 10.9 Å². The molecule has 2 heterocycles. The smallest absolute Gasteiger partial charge is 0.230 e. The number of fused-ring (bicyclic) bond motifs is 1. The van der Waals surface area contributed by atoms with Crippen LogP contribution in [-0.4, -0.2) is 61.1 Å². The zero-order chi connectivity index (χ0) is 18.9. The highest BCUT2D eigenvalue weighted by atomic mass is 32.2. The first-order chi connectivity index (χ1) is 13.3. The van der Waals surface area contributed by atoms with E-state index in [0.717, 1.165) is 49.1 Å². The fraction of sp³-hybridized carbons (Fsp3) is 0.526. The van der Waals surface area contributed by atoms with E-state index in [0.29, 0.717) is 18.3 Å². The molecule has 0 bridgehead atoms. The Labute approximate surface area is 163 Å². The molecule has 1 saturated heterocycles. The number of nitrogens with one attached hydrogen (secondary N) is 2. The van der Waals surface area contributed by atoms with Crippen LogP contribution in [0.3, 0.4) is 0 Å². The van der Waals surface area contributed by atoms with Crippen molar-refractivity contribution in [2.24, 2.45) is 0 Å². The minimum atomic E-state index is -0.0262. The molecule has 2 aromatic rings. The van der Waals surface area contributed by atoms with Gasteiger partial charge in [-0.05, 0) is 31.4 Å². The Balaban J connectivity index is 1.61. The summed E-state index contributed by atoms with van der Waals surface area (Å²) in [5.74, 6) is 1.05. The third-order valence-corrected chi connectivity index (χ3v) is 5.13. The topological polar surface area (TPSA) is 85.4 Å². The number of nitrogens with zero attached hydrogens (tertiary/aromatic N) is 2. The molecular weight excluding hydrogens is 364 g/mol. The van der Waals surface area contributed by atoms with Gasteiger partial charge in [0.05, 0.1) is 17.4 Å². The average molecular weight is 391 g/mol. The van der Waals surface area contributed by atoms with Crippen molar-refractivity contribution < 1.29 is 14.3 Å². The number of ether oxygens (including phenoxy) is 2. The number of thioether (sulfide) groups is 1. The lowest BCUT2D eigenvalue weighted by atomic mass is 10.2. The van der Waals surface area contributed by atoms with Gasteiger partial charge in [0.1, 0.15) is 5.82 Å². The van der Waals surface area contributed by atoms with Crippen LogP contribution in [0, 0.1) is 0 Å². The third-order valence-electron chi connectivity index (χ3n) is 4.28. The van der Waals surface area contributed by atoms with Gasteiger partial charge < -0.3 is 20.1 Å². The monoisotopic (exact) mass is 390 g/mol. The van der Waals surface area contributed by atoms with Crippen molar-refractivity contribution in [3.63, 3.8) is 0 Å². The molecule has 1 fully saturated rings. The highest BCUT2D eigenvalue weighted by Crippen LogP contribution is 2.25. The number of para-hydroxylation sites is 1. The second kappa shape index (κ2) is 10.4. The van der Waals surface area contributed by atoms with Crippen LogP contribution in [0.1, 0.15) is 19.3 Å². The maximum atomic E-state index is 12.0. The molecule has 1 aliphatic heterocycles. The molecule has 1 aliphatic rings. The molecule has 0 spiro atoms. The number of carbonyl (C=O) groups excluding carboxylic acids is 1. The van der Waals surface area contributed by atoms with Crippen molar-refractivity contribution in [1.82, 2.24) is 15.3 Å². The Hall–Kier alpha value is -1.90. The van der Waals surface area contributed by atoms with E-state index in [4.69, 9.17) is 9.47 Å². The van der Waals surface area contributed by atoms with Crippen molar-refractivity contribution in [3.8, 4) is 0 Å². The molecule has 0 radical (unpaired) electrons. The average Bonchev–Trinajstić information content (AvgIpc) is 3.21. The van der Waals surface area contributed by atoms with E-state index in [1.165, 1.54) is 11.8 Å². The first-order valence-corrected chi connectivity index (χ1v) is 10.3. The van der Waals surface area contributed by atoms with Crippen LogP contribution in [0.5, 0.6) is 0 Å². The van der Waals surface area contributed by atoms with Crippen molar-refractivity contribution in [2.75, 3.05) is 44.5 Å². The van der Waals surface area contributed by atoms with Crippen LogP contribution in [-0.2, 0) is 14.3 Å². The second-order valence-corrected chi connectivity index (χ2v) is 7.32. The number of hydrogen-bond donors (Lipinski definition) is 2. The molecule has 8 heteroatoms. The molecule has 3 rings (SSSR count). The second-order valence-electron chi connectivity index (χ2n) is 6.37. The molecule has 7 nitrogen and oxygen atoms in total. The van der Waals surface area contributed by atoms with E-state index in [-0.39, 0.29) is 17.8 Å². The fourth-order valence-corrected chi connectivity index (χ4v) is 3.58. The van der Waals surface area contributed by atoms with Gasteiger partial charge in [-0.1, -0.05) is 23.9 Å². The summed E-state index contributed by atoms with van der Waals surface area (Å²) in [6, 6.07) is 7.90. The van der Waals surface area contributed by atoms with E-state index < -0.39 is 0 Å². The third kappa shape index (κ3) is 6.05. The van der Waals surface area contributed by atoms with E-state index in [1.807, 2.05) is 24.3 Å². The normalized spacial score (nSPS) is 16.6. The lowest BCUT2D eigenvalue weighted by molar-refractivity contribution is -0.118. The fourth-order valence-electron chi connectivity index (χ4n) is 2.90. The molecule has 27 heavy (non-hydrogen) atoms. The Morgan fingerprint density at radius 3 is 3.07 bits per heavy atom. The summed E-state index contributed by atoms with van der Waals surface area (Å²) in [7, 11) is 1.65. The van der Waals surface area contributed by atoms with Crippen molar-refractivity contribution in [3.05, 3.63) is 24.3 Å². The number of carbonyl (C=O) groups is 1. The maximum Gasteiger partial charge on any atom is 0.230 e. The highest BCUT2D eigenvalue weighted by molar-refractivity contribution is 7.99. The Morgan fingerprint density at radius 2 is 2.26 bits per heavy atom. The summed E-state index contributed by atoms with van der Waals surface area (Å²) in [5.41, 5.74) is 0.866. The van der Waals surface area contributed by atoms with E-state index >= 15 is 0 Å². The number of hydrogen-bond acceptors (Lipinski definition) is 7. The SMILES string of the molecule is COCCCNC(=O)CSc1nc(NCC2CCCO2)c2ccccc2n1. The van der Waals surface area contributed by atoms with Crippen LogP contribution in [0.15, 0.2) is 29.4 Å². The molecule has 1 amide bonds. The first kappa shape index (κ1) is 19.9. The Bertz CT molecular complexity index is 753. The number of amides is 1. The Morgan fingerprint density at radius 1 is 1.37 bits per heavy atom. The van der Waals surface area contributed by atoms with Gasteiger partial charge in [0.2, 0.25) is 5.91 Å². The highest BCUT2D eigenvalue weighted by Gasteiger charge is 2.16. The zero-order valence-electron chi connectivity index (χ0n) is 15.6. The van der Waals surface area contributed by atoms with Crippen LogP contribution in [0.2, 0.25) is 0 Å². The largest absolute Gasteiger partial charge is 0.385 e. The summed E-state index contributed by atoms with van der Waals surface area (Å²) in [6.45, 7) is 2.81. The number of benzene rings is 1. The lowest BCUT2D eigenvalue weighted by Crippen LogP contribution is -2.26. The van der Waals surface area contributed by atoms with Gasteiger partial charge in [-0.25, -0.2) is 9.97 Å². The van der Waals surface area contributed by atoms with Gasteiger partial charge in [0.25, 0.3) is 0 Å². The number of aromatic nitrogens is 2.